The summed E-state index contributed by atoms with van der Waals surface area (Å²) in [5.41, 5.74) is 6.34. The zero-order valence-corrected chi connectivity index (χ0v) is 9.30. The average molecular weight is 235 g/mol. The fourth-order valence-corrected chi connectivity index (χ4v) is 2.23. The molecule has 6 heteroatoms. The molecule has 0 aliphatic heterocycles. The standard InChI is InChI=1S/C10H9N3O2S/c1-5(14)12-10-13-7-3-2-6(9(11)15)4-8(7)16-10/h2-4H,1H3,(H2,11,15)(H,12,13,14). The fourth-order valence-electron chi connectivity index (χ4n) is 1.28. The van der Waals surface area contributed by atoms with Crippen molar-refractivity contribution < 1.29 is 9.59 Å². The fraction of sp³-hybridized carbons (Fsp3) is 0.100. The Balaban J connectivity index is 2.45. The van der Waals surface area contributed by atoms with Crippen LogP contribution in [0.25, 0.3) is 10.2 Å². The highest BCUT2D eigenvalue weighted by Crippen LogP contribution is 2.26. The maximum absolute atomic E-state index is 11.0. The first-order chi connectivity index (χ1) is 7.56. The Kier molecular flexibility index (Phi) is 2.57. The number of fused-ring (bicyclic) bond motifs is 1. The molecule has 5 nitrogen and oxygen atoms in total. The van der Waals surface area contributed by atoms with E-state index in [1.807, 2.05) is 0 Å². The maximum atomic E-state index is 11.0. The Hall–Kier alpha value is -1.95. The zero-order chi connectivity index (χ0) is 11.7. The molecule has 2 amide bonds. The van der Waals surface area contributed by atoms with Crippen LogP contribution in [0, 0.1) is 0 Å². The van der Waals surface area contributed by atoms with Crippen LogP contribution < -0.4 is 11.1 Å². The van der Waals surface area contributed by atoms with E-state index in [1.54, 1.807) is 18.2 Å². The average Bonchev–Trinajstić information content (AvgIpc) is 2.56. The van der Waals surface area contributed by atoms with Gasteiger partial charge in [0.1, 0.15) is 0 Å². The number of carbonyl (C=O) groups is 2. The third-order valence-electron chi connectivity index (χ3n) is 1.96. The molecule has 3 N–H and O–H groups in total. The number of rotatable bonds is 2. The van der Waals surface area contributed by atoms with Crippen molar-refractivity contribution in [3.63, 3.8) is 0 Å². The highest BCUT2D eigenvalue weighted by Gasteiger charge is 2.07. The van der Waals surface area contributed by atoms with Gasteiger partial charge in [0.25, 0.3) is 0 Å². The molecule has 0 atom stereocenters. The van der Waals surface area contributed by atoms with Gasteiger partial charge in [-0.25, -0.2) is 4.98 Å². The molecule has 0 radical (unpaired) electrons. The first kappa shape index (κ1) is 10.6. The normalized spacial score (nSPS) is 10.3. The van der Waals surface area contributed by atoms with Gasteiger partial charge in [-0.05, 0) is 18.2 Å². The molecular weight excluding hydrogens is 226 g/mol. The second-order valence-corrected chi connectivity index (χ2v) is 4.28. The molecule has 0 saturated heterocycles. The number of nitrogens with one attached hydrogen (secondary N) is 1. The lowest BCUT2D eigenvalue weighted by molar-refractivity contribution is -0.114. The molecule has 2 aromatic rings. The number of hydrogen-bond donors (Lipinski definition) is 2. The minimum absolute atomic E-state index is 0.172. The summed E-state index contributed by atoms with van der Waals surface area (Å²) in [7, 11) is 0. The molecule has 0 aliphatic carbocycles. The summed E-state index contributed by atoms with van der Waals surface area (Å²) in [6.07, 6.45) is 0. The van der Waals surface area contributed by atoms with E-state index in [-0.39, 0.29) is 5.91 Å². The van der Waals surface area contributed by atoms with Crippen molar-refractivity contribution in [1.82, 2.24) is 4.98 Å². The van der Waals surface area contributed by atoms with Crippen molar-refractivity contribution in [2.45, 2.75) is 6.92 Å². The van der Waals surface area contributed by atoms with Crippen LogP contribution in [0.1, 0.15) is 17.3 Å². The van der Waals surface area contributed by atoms with E-state index in [0.29, 0.717) is 10.7 Å². The number of carbonyl (C=O) groups excluding carboxylic acids is 2. The minimum Gasteiger partial charge on any atom is -0.366 e. The Morgan fingerprint density at radius 3 is 2.81 bits per heavy atom. The van der Waals surface area contributed by atoms with Crippen molar-refractivity contribution in [2.24, 2.45) is 5.73 Å². The number of hydrogen-bond acceptors (Lipinski definition) is 4. The van der Waals surface area contributed by atoms with Gasteiger partial charge in [0.2, 0.25) is 11.8 Å². The van der Waals surface area contributed by atoms with Crippen molar-refractivity contribution in [1.29, 1.82) is 0 Å². The largest absolute Gasteiger partial charge is 0.366 e. The van der Waals surface area contributed by atoms with Gasteiger partial charge >= 0.3 is 0 Å². The summed E-state index contributed by atoms with van der Waals surface area (Å²) in [6.45, 7) is 1.42. The summed E-state index contributed by atoms with van der Waals surface area (Å²) < 4.78 is 0.819. The molecule has 16 heavy (non-hydrogen) atoms. The number of primary amides is 1. The first-order valence-electron chi connectivity index (χ1n) is 4.54. The molecule has 0 bridgehead atoms. The van der Waals surface area contributed by atoms with E-state index in [2.05, 4.69) is 10.3 Å². The summed E-state index contributed by atoms with van der Waals surface area (Å²) in [4.78, 5) is 26.0. The molecule has 82 valence electrons. The summed E-state index contributed by atoms with van der Waals surface area (Å²) in [5.74, 6) is -0.648. The van der Waals surface area contributed by atoms with Crippen LogP contribution in [0.4, 0.5) is 5.13 Å². The highest BCUT2D eigenvalue weighted by molar-refractivity contribution is 7.22. The molecule has 1 heterocycles. The number of nitrogens with zero attached hydrogens (tertiary/aromatic N) is 1. The zero-order valence-electron chi connectivity index (χ0n) is 8.48. The van der Waals surface area contributed by atoms with Crippen LogP contribution in [-0.4, -0.2) is 16.8 Å². The van der Waals surface area contributed by atoms with Crippen LogP contribution in [-0.2, 0) is 4.79 Å². The van der Waals surface area contributed by atoms with E-state index in [0.717, 1.165) is 10.2 Å². The van der Waals surface area contributed by atoms with Crippen molar-refractivity contribution in [3.05, 3.63) is 23.8 Å². The number of nitrogens with two attached hydrogens (primary N) is 1. The van der Waals surface area contributed by atoms with Gasteiger partial charge in [-0.1, -0.05) is 11.3 Å². The van der Waals surface area contributed by atoms with Gasteiger partial charge in [0, 0.05) is 12.5 Å². The highest BCUT2D eigenvalue weighted by atomic mass is 32.1. The number of benzene rings is 1. The maximum Gasteiger partial charge on any atom is 0.248 e. The Bertz CT molecular complexity index is 576. The van der Waals surface area contributed by atoms with Crippen LogP contribution in [0.5, 0.6) is 0 Å². The number of aromatic nitrogens is 1. The summed E-state index contributed by atoms with van der Waals surface area (Å²) in [6, 6.07) is 4.99. The first-order valence-corrected chi connectivity index (χ1v) is 5.36. The van der Waals surface area contributed by atoms with E-state index >= 15 is 0 Å². The second-order valence-electron chi connectivity index (χ2n) is 3.25. The van der Waals surface area contributed by atoms with Gasteiger partial charge in [0.05, 0.1) is 10.2 Å². The van der Waals surface area contributed by atoms with Gasteiger partial charge in [-0.15, -0.1) is 0 Å². The lowest BCUT2D eigenvalue weighted by Gasteiger charge is -1.92. The van der Waals surface area contributed by atoms with Crippen LogP contribution >= 0.6 is 11.3 Å². The Morgan fingerprint density at radius 2 is 2.19 bits per heavy atom. The van der Waals surface area contributed by atoms with Crippen molar-refractivity contribution in [3.8, 4) is 0 Å². The third kappa shape index (κ3) is 2.01. The van der Waals surface area contributed by atoms with Crippen LogP contribution in [0.2, 0.25) is 0 Å². The van der Waals surface area contributed by atoms with E-state index in [4.69, 9.17) is 5.73 Å². The van der Waals surface area contributed by atoms with Crippen molar-refractivity contribution in [2.75, 3.05) is 5.32 Å². The summed E-state index contributed by atoms with van der Waals surface area (Å²) in [5, 5.41) is 3.11. The summed E-state index contributed by atoms with van der Waals surface area (Å²) >= 11 is 1.31. The molecule has 0 unspecified atom stereocenters. The molecule has 0 fully saturated rings. The molecule has 0 saturated carbocycles. The lowest BCUT2D eigenvalue weighted by Crippen LogP contribution is -2.10. The van der Waals surface area contributed by atoms with Gasteiger partial charge < -0.3 is 11.1 Å². The van der Waals surface area contributed by atoms with Gasteiger partial charge in [-0.2, -0.15) is 0 Å². The predicted molar refractivity (Wildman–Crippen MR) is 62.4 cm³/mol. The topological polar surface area (TPSA) is 85.1 Å². The van der Waals surface area contributed by atoms with Crippen LogP contribution in [0.15, 0.2) is 18.2 Å². The molecule has 1 aromatic heterocycles. The number of amides is 2. The van der Waals surface area contributed by atoms with Crippen LogP contribution in [0.3, 0.4) is 0 Å². The second kappa shape index (κ2) is 3.90. The van der Waals surface area contributed by atoms with E-state index in [9.17, 15) is 9.59 Å². The van der Waals surface area contributed by atoms with Gasteiger partial charge in [-0.3, -0.25) is 9.59 Å². The van der Waals surface area contributed by atoms with E-state index in [1.165, 1.54) is 18.3 Å². The monoisotopic (exact) mass is 235 g/mol. The Labute approximate surface area is 95.3 Å². The molecule has 1 aromatic carbocycles. The molecular formula is C10H9N3O2S. The quantitative estimate of drug-likeness (QED) is 0.824. The molecule has 0 aliphatic rings. The predicted octanol–water partition coefficient (Wildman–Crippen LogP) is 1.35. The van der Waals surface area contributed by atoms with Crippen molar-refractivity contribution >= 4 is 38.5 Å². The molecule has 0 spiro atoms. The SMILES string of the molecule is CC(=O)Nc1nc2ccc(C(N)=O)cc2s1. The third-order valence-corrected chi connectivity index (χ3v) is 2.89. The van der Waals surface area contributed by atoms with E-state index < -0.39 is 5.91 Å². The minimum atomic E-state index is -0.476. The molecule has 2 rings (SSSR count). The Morgan fingerprint density at radius 1 is 1.44 bits per heavy atom. The number of thiazole rings is 1. The lowest BCUT2D eigenvalue weighted by atomic mass is 10.2. The smallest absolute Gasteiger partial charge is 0.248 e. The number of anilines is 1. The van der Waals surface area contributed by atoms with Gasteiger partial charge in [0.15, 0.2) is 5.13 Å².